The molecule has 0 radical (unpaired) electrons. The molecule has 192 valence electrons. The lowest BCUT2D eigenvalue weighted by Gasteiger charge is -2.07. The van der Waals surface area contributed by atoms with Crippen LogP contribution < -0.4 is 15.4 Å². The van der Waals surface area contributed by atoms with Crippen LogP contribution in [0.1, 0.15) is 66.2 Å². The van der Waals surface area contributed by atoms with Crippen LogP contribution in [0.3, 0.4) is 0 Å². The van der Waals surface area contributed by atoms with E-state index in [1.54, 1.807) is 31.4 Å². The minimum absolute atomic E-state index is 0.0723. The van der Waals surface area contributed by atoms with Crippen LogP contribution in [-0.2, 0) is 0 Å². The Hall–Kier alpha value is -4.13. The third-order valence-electron chi connectivity index (χ3n) is 6.33. The maximum Gasteiger partial charge on any atom is 0.255 e. The summed E-state index contributed by atoms with van der Waals surface area (Å²) in [7, 11) is 1.59. The number of aromatic amines is 1. The van der Waals surface area contributed by atoms with Crippen LogP contribution in [0.4, 0.5) is 5.69 Å². The van der Waals surface area contributed by atoms with Gasteiger partial charge in [-0.25, -0.2) is 4.98 Å². The van der Waals surface area contributed by atoms with Crippen LogP contribution in [0, 0.1) is 0 Å². The first kappa shape index (κ1) is 25.9. The van der Waals surface area contributed by atoms with Crippen molar-refractivity contribution in [2.24, 2.45) is 0 Å². The summed E-state index contributed by atoms with van der Waals surface area (Å²) in [6.07, 6.45) is 7.16. The van der Waals surface area contributed by atoms with Crippen LogP contribution in [0.25, 0.3) is 22.4 Å². The van der Waals surface area contributed by atoms with Gasteiger partial charge in [-0.05, 0) is 73.2 Å². The van der Waals surface area contributed by atoms with E-state index in [0.717, 1.165) is 29.4 Å². The number of nitrogens with one attached hydrogen (secondary N) is 3. The van der Waals surface area contributed by atoms with Gasteiger partial charge in [0.25, 0.3) is 11.8 Å². The average Bonchev–Trinajstić information content (AvgIpc) is 3.36. The molecular weight excluding hydrogens is 464 g/mol. The fourth-order valence-electron chi connectivity index (χ4n) is 4.15. The lowest BCUT2D eigenvalue weighted by atomic mass is 10.1. The maximum absolute atomic E-state index is 12.6. The summed E-state index contributed by atoms with van der Waals surface area (Å²) in [5.74, 6) is 1.14. The highest BCUT2D eigenvalue weighted by molar-refractivity contribution is 6.04. The largest absolute Gasteiger partial charge is 0.497 e. The molecule has 0 spiro atoms. The van der Waals surface area contributed by atoms with Crippen LogP contribution in [0.15, 0.2) is 66.7 Å². The number of amides is 2. The summed E-state index contributed by atoms with van der Waals surface area (Å²) >= 11 is 0. The first-order chi connectivity index (χ1) is 18.1. The Morgan fingerprint density at radius 1 is 0.838 bits per heavy atom. The molecule has 7 nitrogen and oxygen atoms in total. The number of unbranched alkanes of at least 4 members (excludes halogenated alkanes) is 5. The number of rotatable bonds is 12. The zero-order chi connectivity index (χ0) is 26.0. The Bertz CT molecular complexity index is 1330. The molecule has 0 bridgehead atoms. The molecule has 0 aliphatic heterocycles. The molecule has 0 saturated carbocycles. The van der Waals surface area contributed by atoms with Crippen molar-refractivity contribution in [1.82, 2.24) is 15.3 Å². The SMILES string of the molecule is CCCCCCCCNC(=O)c1ccc2[nH]c(-c3ccc(NC(=O)c4ccc(OC)cc4)cc3)nc2c1. The average molecular weight is 499 g/mol. The van der Waals surface area contributed by atoms with E-state index in [1.165, 1.54) is 25.7 Å². The van der Waals surface area contributed by atoms with Crippen molar-refractivity contribution >= 4 is 28.5 Å². The number of ether oxygens (including phenoxy) is 1. The standard InChI is InChI=1S/C30H34N4O3/c1-3-4-5-6-7-8-19-31-29(35)23-13-18-26-27(20-23)34-28(33-26)21-9-14-24(15-10-21)32-30(36)22-11-16-25(37-2)17-12-22/h9-18,20H,3-8,19H2,1-2H3,(H,31,35)(H,32,36)(H,33,34). The van der Waals surface area contributed by atoms with Crippen molar-refractivity contribution in [3.63, 3.8) is 0 Å². The Labute approximate surface area is 217 Å². The number of hydrogen-bond acceptors (Lipinski definition) is 4. The maximum atomic E-state index is 12.6. The number of imidazole rings is 1. The fraction of sp³-hybridized carbons (Fsp3) is 0.300. The van der Waals surface area contributed by atoms with Crippen LogP contribution in [0.2, 0.25) is 0 Å². The predicted molar refractivity (Wildman–Crippen MR) is 148 cm³/mol. The summed E-state index contributed by atoms with van der Waals surface area (Å²) in [4.78, 5) is 33.1. The van der Waals surface area contributed by atoms with Crippen molar-refractivity contribution in [3.05, 3.63) is 77.9 Å². The van der Waals surface area contributed by atoms with Gasteiger partial charge in [-0.3, -0.25) is 9.59 Å². The van der Waals surface area contributed by atoms with Gasteiger partial charge in [0.05, 0.1) is 18.1 Å². The van der Waals surface area contributed by atoms with Crippen molar-refractivity contribution in [1.29, 1.82) is 0 Å². The highest BCUT2D eigenvalue weighted by Crippen LogP contribution is 2.23. The molecule has 1 heterocycles. The number of carbonyl (C=O) groups is 2. The van der Waals surface area contributed by atoms with Crippen LogP contribution >= 0.6 is 0 Å². The van der Waals surface area contributed by atoms with E-state index in [-0.39, 0.29) is 11.8 Å². The molecule has 0 aliphatic carbocycles. The third kappa shape index (κ3) is 6.97. The van der Waals surface area contributed by atoms with Crippen molar-refractivity contribution in [3.8, 4) is 17.1 Å². The summed E-state index contributed by atoms with van der Waals surface area (Å²) in [5.41, 5.74) is 4.32. The first-order valence-electron chi connectivity index (χ1n) is 12.9. The Balaban J connectivity index is 1.35. The van der Waals surface area contributed by atoms with Gasteiger partial charge in [0, 0.05) is 28.9 Å². The van der Waals surface area contributed by atoms with Gasteiger partial charge in [-0.15, -0.1) is 0 Å². The highest BCUT2D eigenvalue weighted by Gasteiger charge is 2.11. The van der Waals surface area contributed by atoms with E-state index in [2.05, 4.69) is 27.5 Å². The van der Waals surface area contributed by atoms with Gasteiger partial charge in [0.15, 0.2) is 0 Å². The van der Waals surface area contributed by atoms with E-state index in [1.807, 2.05) is 42.5 Å². The lowest BCUT2D eigenvalue weighted by molar-refractivity contribution is 0.0952. The number of methoxy groups -OCH3 is 1. The second-order valence-corrected chi connectivity index (χ2v) is 9.10. The van der Waals surface area contributed by atoms with E-state index < -0.39 is 0 Å². The number of anilines is 1. The van der Waals surface area contributed by atoms with Crippen molar-refractivity contribution < 1.29 is 14.3 Å². The number of fused-ring (bicyclic) bond motifs is 1. The molecule has 0 atom stereocenters. The summed E-state index contributed by atoms with van der Waals surface area (Å²) in [6.45, 7) is 2.90. The number of H-pyrrole nitrogens is 1. The van der Waals surface area contributed by atoms with Crippen LogP contribution in [0.5, 0.6) is 5.75 Å². The molecular formula is C30H34N4O3. The minimum atomic E-state index is -0.193. The Morgan fingerprint density at radius 3 is 2.27 bits per heavy atom. The molecule has 37 heavy (non-hydrogen) atoms. The molecule has 4 rings (SSSR count). The lowest BCUT2D eigenvalue weighted by Crippen LogP contribution is -2.24. The second-order valence-electron chi connectivity index (χ2n) is 9.10. The number of benzene rings is 3. The van der Waals surface area contributed by atoms with Gasteiger partial charge in [-0.2, -0.15) is 0 Å². The van der Waals surface area contributed by atoms with Gasteiger partial charge in [0.1, 0.15) is 11.6 Å². The zero-order valence-electron chi connectivity index (χ0n) is 21.5. The molecule has 0 unspecified atom stereocenters. The van der Waals surface area contributed by atoms with E-state index >= 15 is 0 Å². The third-order valence-corrected chi connectivity index (χ3v) is 6.33. The molecule has 0 fully saturated rings. The summed E-state index contributed by atoms with van der Waals surface area (Å²) in [5, 5.41) is 5.91. The molecule has 0 aliphatic rings. The summed E-state index contributed by atoms with van der Waals surface area (Å²) in [6, 6.07) is 19.9. The monoisotopic (exact) mass is 498 g/mol. The number of hydrogen-bond donors (Lipinski definition) is 3. The second kappa shape index (κ2) is 12.7. The zero-order valence-corrected chi connectivity index (χ0v) is 21.5. The molecule has 3 N–H and O–H groups in total. The smallest absolute Gasteiger partial charge is 0.255 e. The fourth-order valence-corrected chi connectivity index (χ4v) is 4.15. The van der Waals surface area contributed by atoms with E-state index in [0.29, 0.717) is 34.9 Å². The van der Waals surface area contributed by atoms with E-state index in [9.17, 15) is 9.59 Å². The van der Waals surface area contributed by atoms with Crippen LogP contribution in [-0.4, -0.2) is 35.4 Å². The molecule has 0 saturated heterocycles. The first-order valence-corrected chi connectivity index (χ1v) is 12.9. The molecule has 1 aromatic heterocycles. The highest BCUT2D eigenvalue weighted by atomic mass is 16.5. The van der Waals surface area contributed by atoms with Crippen molar-refractivity contribution in [2.45, 2.75) is 45.4 Å². The Kier molecular flexibility index (Phi) is 8.92. The molecule has 2 amide bonds. The van der Waals surface area contributed by atoms with Gasteiger partial charge < -0.3 is 20.4 Å². The van der Waals surface area contributed by atoms with Gasteiger partial charge >= 0.3 is 0 Å². The van der Waals surface area contributed by atoms with E-state index in [4.69, 9.17) is 4.74 Å². The number of nitrogens with zero attached hydrogens (tertiary/aromatic N) is 1. The van der Waals surface area contributed by atoms with Crippen molar-refractivity contribution in [2.75, 3.05) is 19.0 Å². The predicted octanol–water partition coefficient (Wildman–Crippen LogP) is 6.58. The quantitative estimate of drug-likeness (QED) is 0.192. The van der Waals surface area contributed by atoms with Gasteiger partial charge in [0.2, 0.25) is 0 Å². The number of carbonyl (C=O) groups excluding carboxylic acids is 2. The summed E-state index contributed by atoms with van der Waals surface area (Å²) < 4.78 is 5.14. The minimum Gasteiger partial charge on any atom is -0.497 e. The molecule has 3 aromatic carbocycles. The molecule has 4 aromatic rings. The molecule has 7 heteroatoms. The topological polar surface area (TPSA) is 96.1 Å². The van der Waals surface area contributed by atoms with Gasteiger partial charge in [-0.1, -0.05) is 39.0 Å². The Morgan fingerprint density at radius 2 is 1.54 bits per heavy atom. The number of aromatic nitrogens is 2. The normalized spacial score (nSPS) is 10.9.